The Labute approximate surface area is 228 Å². The van der Waals surface area contributed by atoms with E-state index in [2.05, 4.69) is 25.9 Å². The van der Waals surface area contributed by atoms with Crippen molar-refractivity contribution in [3.63, 3.8) is 0 Å². The number of tetrazole rings is 1. The first-order chi connectivity index (χ1) is 18.9. The van der Waals surface area contributed by atoms with E-state index in [-0.39, 0.29) is 30.3 Å². The summed E-state index contributed by atoms with van der Waals surface area (Å²) >= 11 is 6.18. The van der Waals surface area contributed by atoms with Gasteiger partial charge in [0.1, 0.15) is 18.4 Å². The Kier molecular flexibility index (Phi) is 9.13. The normalized spacial score (nSPS) is 11.6. The number of nitrogens with zero attached hydrogens (tertiary/aromatic N) is 4. The van der Waals surface area contributed by atoms with Crippen LogP contribution in [0.25, 0.3) is 0 Å². The van der Waals surface area contributed by atoms with Crippen LogP contribution in [-0.4, -0.2) is 65.9 Å². The van der Waals surface area contributed by atoms with E-state index < -0.39 is 17.8 Å². The molecule has 0 bridgehead atoms. The van der Waals surface area contributed by atoms with Gasteiger partial charge in [0, 0.05) is 11.8 Å². The lowest BCUT2D eigenvalue weighted by molar-refractivity contribution is -0.117. The number of likely N-dealkylation sites (N-methyl/N-ethyl adjacent to an activating group) is 1. The number of ether oxygens (including phenoxy) is 4. The number of hydrogen-bond acceptors (Lipinski definition) is 9. The molecule has 4 aromatic rings. The Hall–Kier alpha value is -4.42. The number of rotatable bonds is 12. The van der Waals surface area contributed by atoms with Crippen LogP contribution >= 0.6 is 11.6 Å². The van der Waals surface area contributed by atoms with Crippen molar-refractivity contribution in [3.8, 4) is 28.7 Å². The van der Waals surface area contributed by atoms with Crippen molar-refractivity contribution in [3.05, 3.63) is 77.3 Å². The van der Waals surface area contributed by atoms with Crippen LogP contribution in [0, 0.1) is 5.82 Å². The van der Waals surface area contributed by atoms with Crippen molar-refractivity contribution in [1.29, 1.82) is 0 Å². The second-order valence-electron chi connectivity index (χ2n) is 8.25. The molecule has 0 aliphatic heterocycles. The maximum atomic E-state index is 14.9. The molecule has 0 spiro atoms. The van der Waals surface area contributed by atoms with E-state index in [0.29, 0.717) is 28.1 Å². The molecule has 11 nitrogen and oxygen atoms in total. The van der Waals surface area contributed by atoms with Gasteiger partial charge in [-0.25, -0.2) is 9.49 Å². The maximum Gasteiger partial charge on any atom is 0.238 e. The lowest BCUT2D eigenvalue weighted by Gasteiger charge is -2.25. The van der Waals surface area contributed by atoms with Crippen LogP contribution in [0.1, 0.15) is 11.9 Å². The number of carbonyl (C=O) groups excluding carboxylic acids is 1. The SMILES string of the molecule is COc1cccc(OC)c1Oc1ccc(NC(=O)CN(C)C(COc2ccccc2Cl)c2nnn[nH]2)cc1F. The molecule has 13 heteroatoms. The van der Waals surface area contributed by atoms with Gasteiger partial charge in [-0.1, -0.05) is 29.8 Å². The number of hydrogen-bond donors (Lipinski definition) is 2. The zero-order chi connectivity index (χ0) is 27.8. The number of para-hydroxylation sites is 2. The van der Waals surface area contributed by atoms with E-state index in [9.17, 15) is 9.18 Å². The van der Waals surface area contributed by atoms with Crippen molar-refractivity contribution in [2.75, 3.05) is 39.7 Å². The summed E-state index contributed by atoms with van der Waals surface area (Å²) in [4.78, 5) is 14.5. The average molecular weight is 557 g/mol. The Morgan fingerprint density at radius 2 is 1.77 bits per heavy atom. The molecular formula is C26H26ClFN6O5. The molecule has 1 atom stereocenters. The highest BCUT2D eigenvalue weighted by Crippen LogP contribution is 2.40. The summed E-state index contributed by atoms with van der Waals surface area (Å²) in [6, 6.07) is 15.7. The Morgan fingerprint density at radius 1 is 1.05 bits per heavy atom. The number of anilines is 1. The molecule has 0 saturated carbocycles. The average Bonchev–Trinajstić information content (AvgIpc) is 3.46. The highest BCUT2D eigenvalue weighted by molar-refractivity contribution is 6.32. The van der Waals surface area contributed by atoms with E-state index in [1.165, 1.54) is 26.4 Å². The number of aromatic amines is 1. The maximum absolute atomic E-state index is 14.9. The van der Waals surface area contributed by atoms with Gasteiger partial charge in [0.25, 0.3) is 0 Å². The summed E-state index contributed by atoms with van der Waals surface area (Å²) < 4.78 is 37.1. The molecule has 2 N–H and O–H groups in total. The van der Waals surface area contributed by atoms with Crippen molar-refractivity contribution >= 4 is 23.2 Å². The van der Waals surface area contributed by atoms with Crippen LogP contribution in [0.3, 0.4) is 0 Å². The summed E-state index contributed by atoms with van der Waals surface area (Å²) in [6.07, 6.45) is 0. The van der Waals surface area contributed by atoms with Crippen molar-refractivity contribution in [2.45, 2.75) is 6.04 Å². The van der Waals surface area contributed by atoms with Crippen LogP contribution in [0.15, 0.2) is 60.7 Å². The molecule has 0 aliphatic rings. The quantitative estimate of drug-likeness (QED) is 0.260. The van der Waals surface area contributed by atoms with Gasteiger partial charge in [-0.2, -0.15) is 0 Å². The smallest absolute Gasteiger partial charge is 0.238 e. The number of nitrogens with one attached hydrogen (secondary N) is 2. The number of methoxy groups -OCH3 is 2. The summed E-state index contributed by atoms with van der Waals surface area (Å²) in [5, 5.41) is 17.0. The van der Waals surface area contributed by atoms with Gasteiger partial charge >= 0.3 is 0 Å². The fraction of sp³-hybridized carbons (Fsp3) is 0.231. The first-order valence-corrected chi connectivity index (χ1v) is 12.1. The zero-order valence-electron chi connectivity index (χ0n) is 21.4. The van der Waals surface area contributed by atoms with Gasteiger partial charge in [-0.15, -0.1) is 5.10 Å². The lowest BCUT2D eigenvalue weighted by atomic mass is 10.2. The molecule has 1 heterocycles. The highest BCUT2D eigenvalue weighted by atomic mass is 35.5. The molecule has 0 radical (unpaired) electrons. The molecule has 0 aliphatic carbocycles. The van der Waals surface area contributed by atoms with Gasteiger partial charge in [0.15, 0.2) is 28.9 Å². The monoisotopic (exact) mass is 556 g/mol. The van der Waals surface area contributed by atoms with E-state index in [1.807, 2.05) is 0 Å². The van der Waals surface area contributed by atoms with Gasteiger partial charge in [0.2, 0.25) is 11.7 Å². The van der Waals surface area contributed by atoms with Gasteiger partial charge in [-0.3, -0.25) is 9.69 Å². The predicted molar refractivity (Wildman–Crippen MR) is 141 cm³/mol. The molecular weight excluding hydrogens is 531 g/mol. The van der Waals surface area contributed by atoms with Crippen LogP contribution in [0.2, 0.25) is 5.02 Å². The van der Waals surface area contributed by atoms with Gasteiger partial charge < -0.3 is 24.3 Å². The standard InChI is InChI=1S/C26H26ClFN6O5/c1-34(19(26-30-32-33-31-26)15-38-20-8-5-4-7-17(20)27)14-24(35)29-16-11-12-21(18(28)13-16)39-25-22(36-2)9-6-10-23(25)37-3/h4-13,19H,14-15H2,1-3H3,(H,29,35)(H,30,31,32,33). The minimum absolute atomic E-state index is 0.0671. The van der Waals surface area contributed by atoms with E-state index >= 15 is 0 Å². The fourth-order valence-corrected chi connectivity index (χ4v) is 3.87. The van der Waals surface area contributed by atoms with Crippen molar-refractivity contribution in [2.24, 2.45) is 0 Å². The van der Waals surface area contributed by atoms with Crippen molar-refractivity contribution < 1.29 is 28.1 Å². The number of carbonyl (C=O) groups is 1. The molecule has 3 aromatic carbocycles. The molecule has 1 unspecified atom stereocenters. The Balaban J connectivity index is 1.41. The largest absolute Gasteiger partial charge is 0.493 e. The zero-order valence-corrected chi connectivity index (χ0v) is 22.1. The lowest BCUT2D eigenvalue weighted by Crippen LogP contribution is -2.36. The first-order valence-electron chi connectivity index (χ1n) is 11.7. The van der Waals surface area contributed by atoms with Gasteiger partial charge in [0.05, 0.1) is 25.8 Å². The van der Waals surface area contributed by atoms with Crippen LogP contribution < -0.4 is 24.3 Å². The number of H-pyrrole nitrogens is 1. The topological polar surface area (TPSA) is 124 Å². The minimum atomic E-state index is -0.687. The minimum Gasteiger partial charge on any atom is -0.493 e. The summed E-state index contributed by atoms with van der Waals surface area (Å²) in [6.45, 7) is 0.0347. The summed E-state index contributed by atoms with van der Waals surface area (Å²) in [7, 11) is 4.65. The second-order valence-corrected chi connectivity index (χ2v) is 8.65. The van der Waals surface area contributed by atoms with Crippen LogP contribution in [0.5, 0.6) is 28.7 Å². The molecule has 1 aromatic heterocycles. The molecule has 0 saturated heterocycles. The van der Waals surface area contributed by atoms with Gasteiger partial charge in [-0.05, 0) is 53.9 Å². The van der Waals surface area contributed by atoms with Crippen molar-refractivity contribution in [1.82, 2.24) is 25.5 Å². The Morgan fingerprint density at radius 3 is 2.41 bits per heavy atom. The van der Waals surface area contributed by atoms with E-state index in [4.69, 9.17) is 30.5 Å². The van der Waals surface area contributed by atoms with E-state index in [0.717, 1.165) is 6.07 Å². The molecule has 39 heavy (non-hydrogen) atoms. The molecule has 1 amide bonds. The third-order valence-corrected chi connectivity index (χ3v) is 5.96. The highest BCUT2D eigenvalue weighted by Gasteiger charge is 2.24. The second kappa shape index (κ2) is 12.9. The fourth-order valence-electron chi connectivity index (χ4n) is 3.68. The molecule has 0 fully saturated rings. The van der Waals surface area contributed by atoms with Crippen LogP contribution in [0.4, 0.5) is 10.1 Å². The summed E-state index contributed by atoms with van der Waals surface area (Å²) in [5.41, 5.74) is 0.246. The Bertz CT molecular complexity index is 1390. The third-order valence-electron chi connectivity index (χ3n) is 5.65. The van der Waals surface area contributed by atoms with Crippen LogP contribution in [-0.2, 0) is 4.79 Å². The summed E-state index contributed by atoms with van der Waals surface area (Å²) in [5.74, 6) is 0.720. The van der Waals surface area contributed by atoms with E-state index in [1.54, 1.807) is 54.4 Å². The number of benzene rings is 3. The molecule has 204 valence electrons. The number of amides is 1. The predicted octanol–water partition coefficient (Wildman–Crippen LogP) is 4.49. The first kappa shape index (κ1) is 27.6. The number of aromatic nitrogens is 4. The third kappa shape index (κ3) is 6.92. The number of halogens is 2. The molecule has 4 rings (SSSR count).